The summed E-state index contributed by atoms with van der Waals surface area (Å²) in [6.45, 7) is 8.07. The van der Waals surface area contributed by atoms with Gasteiger partial charge in [0.25, 0.3) is 0 Å². The van der Waals surface area contributed by atoms with Crippen molar-refractivity contribution in [1.29, 1.82) is 0 Å². The van der Waals surface area contributed by atoms with E-state index in [9.17, 15) is 9.59 Å². The second kappa shape index (κ2) is 8.87. The van der Waals surface area contributed by atoms with Crippen molar-refractivity contribution in [2.45, 2.75) is 46.1 Å². The fraction of sp³-hybridized carbons (Fsp3) is 0.600. The molecule has 144 valence electrons. The second-order valence-electron chi connectivity index (χ2n) is 7.67. The fourth-order valence-electron chi connectivity index (χ4n) is 3.77. The highest BCUT2D eigenvalue weighted by Crippen LogP contribution is 2.28. The first-order valence-corrected chi connectivity index (χ1v) is 9.60. The lowest BCUT2D eigenvalue weighted by atomic mass is 9.83. The summed E-state index contributed by atoms with van der Waals surface area (Å²) in [5.41, 5.74) is 0.563. The molecule has 6 heteroatoms. The van der Waals surface area contributed by atoms with Gasteiger partial charge in [-0.05, 0) is 43.5 Å². The van der Waals surface area contributed by atoms with Crippen molar-refractivity contribution >= 4 is 23.5 Å². The number of rotatable bonds is 7. The lowest BCUT2D eigenvalue weighted by molar-refractivity contribution is -0.143. The van der Waals surface area contributed by atoms with Crippen LogP contribution in [0.25, 0.3) is 0 Å². The number of benzene rings is 1. The van der Waals surface area contributed by atoms with Crippen LogP contribution in [0.3, 0.4) is 0 Å². The fourth-order valence-corrected chi connectivity index (χ4v) is 3.98. The quantitative estimate of drug-likeness (QED) is 0.788. The van der Waals surface area contributed by atoms with Crippen LogP contribution in [0, 0.1) is 5.41 Å². The number of carboxylic acid groups (broad SMARTS) is 1. The van der Waals surface area contributed by atoms with Crippen LogP contribution in [0.5, 0.6) is 0 Å². The Labute approximate surface area is 160 Å². The molecular weight excluding hydrogens is 352 g/mol. The predicted molar refractivity (Wildman–Crippen MR) is 103 cm³/mol. The van der Waals surface area contributed by atoms with E-state index in [0.29, 0.717) is 31.1 Å². The third kappa shape index (κ3) is 5.45. The van der Waals surface area contributed by atoms with Crippen molar-refractivity contribution in [1.82, 2.24) is 9.80 Å². The van der Waals surface area contributed by atoms with Gasteiger partial charge in [0.05, 0.1) is 6.54 Å². The van der Waals surface area contributed by atoms with E-state index in [-0.39, 0.29) is 18.5 Å². The van der Waals surface area contributed by atoms with Crippen LogP contribution in [0.2, 0.25) is 5.02 Å². The molecule has 1 aliphatic rings. The van der Waals surface area contributed by atoms with Gasteiger partial charge < -0.3 is 10.0 Å². The summed E-state index contributed by atoms with van der Waals surface area (Å²) in [5, 5.41) is 9.72. The number of carbonyl (C=O) groups is 2. The van der Waals surface area contributed by atoms with Gasteiger partial charge >= 0.3 is 5.97 Å². The van der Waals surface area contributed by atoms with Gasteiger partial charge in [-0.2, -0.15) is 0 Å². The van der Waals surface area contributed by atoms with E-state index in [2.05, 4.69) is 0 Å². The number of nitrogens with zero attached hydrogens (tertiary/aromatic N) is 2. The minimum atomic E-state index is -0.798. The van der Waals surface area contributed by atoms with E-state index in [0.717, 1.165) is 18.4 Å². The molecule has 1 aliphatic heterocycles. The smallest absolute Gasteiger partial charge is 0.317 e. The van der Waals surface area contributed by atoms with Gasteiger partial charge in [0.2, 0.25) is 5.91 Å². The zero-order valence-corrected chi connectivity index (χ0v) is 16.6. The molecule has 0 saturated carbocycles. The first kappa shape index (κ1) is 20.7. The molecule has 5 nitrogen and oxygen atoms in total. The van der Waals surface area contributed by atoms with Crippen LogP contribution >= 0.6 is 11.6 Å². The molecule has 1 saturated heterocycles. The van der Waals surface area contributed by atoms with Crippen molar-refractivity contribution in [2.75, 3.05) is 26.2 Å². The zero-order valence-electron chi connectivity index (χ0n) is 15.9. The van der Waals surface area contributed by atoms with E-state index in [1.165, 1.54) is 0 Å². The van der Waals surface area contributed by atoms with E-state index in [4.69, 9.17) is 16.7 Å². The maximum absolute atomic E-state index is 13.0. The van der Waals surface area contributed by atoms with Crippen molar-refractivity contribution in [3.8, 4) is 0 Å². The first-order chi connectivity index (χ1) is 12.2. The molecule has 26 heavy (non-hydrogen) atoms. The van der Waals surface area contributed by atoms with Crippen LogP contribution in [-0.4, -0.2) is 59.0 Å². The number of aliphatic carboxylic acids is 1. The summed E-state index contributed by atoms with van der Waals surface area (Å²) in [7, 11) is 0. The molecule has 1 fully saturated rings. The lowest BCUT2D eigenvalue weighted by Gasteiger charge is -2.40. The topological polar surface area (TPSA) is 60.9 Å². The van der Waals surface area contributed by atoms with Crippen molar-refractivity contribution < 1.29 is 14.7 Å². The van der Waals surface area contributed by atoms with E-state index >= 15 is 0 Å². The van der Waals surface area contributed by atoms with Crippen LogP contribution < -0.4 is 0 Å². The first-order valence-electron chi connectivity index (χ1n) is 9.22. The van der Waals surface area contributed by atoms with Crippen molar-refractivity contribution in [3.63, 3.8) is 0 Å². The molecule has 0 atom stereocenters. The highest BCUT2D eigenvalue weighted by Gasteiger charge is 2.35. The van der Waals surface area contributed by atoms with Crippen molar-refractivity contribution in [2.24, 2.45) is 5.41 Å². The Bertz CT molecular complexity index is 640. The predicted octanol–water partition coefficient (Wildman–Crippen LogP) is 3.31. The highest BCUT2D eigenvalue weighted by atomic mass is 35.5. The average molecular weight is 381 g/mol. The van der Waals surface area contributed by atoms with Gasteiger partial charge in [0.1, 0.15) is 0 Å². The van der Waals surface area contributed by atoms with Crippen LogP contribution in [0.15, 0.2) is 24.3 Å². The van der Waals surface area contributed by atoms with Gasteiger partial charge in [0.15, 0.2) is 0 Å². The maximum Gasteiger partial charge on any atom is 0.317 e. The average Bonchev–Trinajstić information content (AvgIpc) is 2.58. The molecule has 0 unspecified atom stereocenters. The Morgan fingerprint density at radius 2 is 1.96 bits per heavy atom. The molecule has 1 N–H and O–H groups in total. The number of likely N-dealkylation sites (N-methyl/N-ethyl adjacent to an activating group) is 1. The van der Waals surface area contributed by atoms with Gasteiger partial charge in [-0.3, -0.25) is 14.5 Å². The molecule has 0 bridgehead atoms. The zero-order chi connectivity index (χ0) is 19.3. The summed E-state index contributed by atoms with van der Waals surface area (Å²) in [5.74, 6) is -0.648. The summed E-state index contributed by atoms with van der Waals surface area (Å²) in [6.07, 6.45) is 2.28. The number of carbonyl (C=O) groups excluding carboxylic acids is 1. The molecule has 0 aromatic heterocycles. The van der Waals surface area contributed by atoms with E-state index in [1.54, 1.807) is 0 Å². The van der Waals surface area contributed by atoms with Gasteiger partial charge in [-0.25, -0.2) is 0 Å². The molecule has 1 aromatic rings. The molecule has 0 spiro atoms. The number of amides is 1. The van der Waals surface area contributed by atoms with Gasteiger partial charge in [-0.1, -0.05) is 44.5 Å². The van der Waals surface area contributed by atoms with Gasteiger partial charge in [-0.15, -0.1) is 0 Å². The third-order valence-corrected chi connectivity index (χ3v) is 5.36. The van der Waals surface area contributed by atoms with Crippen LogP contribution in [0.4, 0.5) is 0 Å². The number of piperidine rings is 1. The van der Waals surface area contributed by atoms with Crippen LogP contribution in [-0.2, 0) is 16.0 Å². The molecule has 1 amide bonds. The SMILES string of the molecule is CCN(CC(=O)O)C1CCN(C(=O)C(C)(C)Cc2cccc(Cl)c2)CC1. The number of carboxylic acids is 1. The standard InChI is InChI=1S/C20H29ClN2O3/c1-4-22(14-18(24)25)17-8-10-23(11-9-17)19(26)20(2,3)13-15-6-5-7-16(21)12-15/h5-7,12,17H,4,8-11,13-14H2,1-3H3,(H,24,25). The Kier molecular flexibility index (Phi) is 7.07. The Morgan fingerprint density at radius 3 is 2.50 bits per heavy atom. The third-order valence-electron chi connectivity index (χ3n) is 5.13. The second-order valence-corrected chi connectivity index (χ2v) is 8.11. The minimum absolute atomic E-state index is 0.0649. The summed E-state index contributed by atoms with van der Waals surface area (Å²) < 4.78 is 0. The molecule has 2 rings (SSSR count). The number of likely N-dealkylation sites (tertiary alicyclic amines) is 1. The number of halogens is 1. The highest BCUT2D eigenvalue weighted by molar-refractivity contribution is 6.30. The minimum Gasteiger partial charge on any atom is -0.480 e. The number of hydrogen-bond donors (Lipinski definition) is 1. The Hall–Kier alpha value is -1.59. The van der Waals surface area contributed by atoms with Gasteiger partial charge in [0, 0.05) is 29.6 Å². The lowest BCUT2D eigenvalue weighted by Crippen LogP contribution is -2.51. The molecule has 1 aromatic carbocycles. The monoisotopic (exact) mass is 380 g/mol. The van der Waals surface area contributed by atoms with Crippen LogP contribution in [0.1, 0.15) is 39.2 Å². The summed E-state index contributed by atoms with van der Waals surface area (Å²) in [6, 6.07) is 7.88. The molecular formula is C20H29ClN2O3. The van der Waals surface area contributed by atoms with E-state index < -0.39 is 11.4 Å². The molecule has 0 radical (unpaired) electrons. The van der Waals surface area contributed by atoms with E-state index in [1.807, 2.05) is 54.8 Å². The molecule has 0 aliphatic carbocycles. The maximum atomic E-state index is 13.0. The van der Waals surface area contributed by atoms with Crippen molar-refractivity contribution in [3.05, 3.63) is 34.9 Å². The Balaban J connectivity index is 1.95. The molecule has 1 heterocycles. The normalized spacial score (nSPS) is 16.1. The number of hydrogen-bond acceptors (Lipinski definition) is 3. The summed E-state index contributed by atoms with van der Waals surface area (Å²) >= 11 is 6.06. The largest absolute Gasteiger partial charge is 0.480 e. The Morgan fingerprint density at radius 1 is 1.31 bits per heavy atom. The summed E-state index contributed by atoms with van der Waals surface area (Å²) in [4.78, 5) is 27.9.